The van der Waals surface area contributed by atoms with Gasteiger partial charge in [-0.2, -0.15) is 31.1 Å². The standard InChI is InChI=1S/C35H43F6N5O3/c1-7-49-31(47)9-8-14-46-43-32(42-44-46)45(20-23-15-26(34(36,37)38)18-27(16-23)35(39,40)41)21-25-19-33(4,5)13-12-28(25)29-17-24(22(2)3)10-11-30(29)48-6/h10-11,15-18,22H,7-9,12-14,19-21H2,1-6H3. The molecule has 1 aromatic heterocycles. The average Bonchev–Trinajstić information content (AvgIpc) is 3.48. The number of nitrogens with zero attached hydrogens (tertiary/aromatic N) is 5. The van der Waals surface area contributed by atoms with Crippen molar-refractivity contribution in [2.75, 3.05) is 25.2 Å². The van der Waals surface area contributed by atoms with E-state index in [2.05, 4.69) is 49.2 Å². The van der Waals surface area contributed by atoms with Crippen LogP contribution in [0.15, 0.2) is 42.0 Å². The summed E-state index contributed by atoms with van der Waals surface area (Å²) in [6, 6.07) is 7.56. The van der Waals surface area contributed by atoms with Crippen LogP contribution >= 0.6 is 0 Å². The second-order valence-corrected chi connectivity index (χ2v) is 13.4. The molecule has 4 rings (SSSR count). The van der Waals surface area contributed by atoms with Gasteiger partial charge in [0.1, 0.15) is 5.75 Å². The maximum absolute atomic E-state index is 13.8. The van der Waals surface area contributed by atoms with E-state index < -0.39 is 23.5 Å². The van der Waals surface area contributed by atoms with Crippen molar-refractivity contribution in [3.05, 3.63) is 69.8 Å². The third kappa shape index (κ3) is 9.98. The van der Waals surface area contributed by atoms with Gasteiger partial charge in [0.15, 0.2) is 0 Å². The minimum absolute atomic E-state index is 0.0280. The highest BCUT2D eigenvalue weighted by Gasteiger charge is 2.37. The van der Waals surface area contributed by atoms with Gasteiger partial charge in [-0.1, -0.05) is 38.9 Å². The van der Waals surface area contributed by atoms with Crippen molar-refractivity contribution < 1.29 is 40.6 Å². The molecule has 49 heavy (non-hydrogen) atoms. The molecule has 8 nitrogen and oxygen atoms in total. The van der Waals surface area contributed by atoms with Gasteiger partial charge in [0.2, 0.25) is 0 Å². The maximum Gasteiger partial charge on any atom is 0.416 e. The second-order valence-electron chi connectivity index (χ2n) is 13.4. The highest BCUT2D eigenvalue weighted by Crippen LogP contribution is 2.45. The number of benzene rings is 2. The molecule has 0 bridgehead atoms. The first-order valence-electron chi connectivity index (χ1n) is 16.3. The van der Waals surface area contributed by atoms with Crippen molar-refractivity contribution in [2.24, 2.45) is 5.41 Å². The van der Waals surface area contributed by atoms with Crippen molar-refractivity contribution in [3.8, 4) is 5.75 Å². The van der Waals surface area contributed by atoms with Crippen LogP contribution in [0.2, 0.25) is 0 Å². The van der Waals surface area contributed by atoms with E-state index in [1.807, 2.05) is 12.1 Å². The van der Waals surface area contributed by atoms with Gasteiger partial charge in [-0.25, -0.2) is 0 Å². The van der Waals surface area contributed by atoms with Crippen LogP contribution in [0.1, 0.15) is 100 Å². The van der Waals surface area contributed by atoms with Crippen LogP contribution in [-0.4, -0.2) is 46.4 Å². The number of methoxy groups -OCH3 is 1. The Kier molecular flexibility index (Phi) is 11.7. The number of rotatable bonds is 13. The number of halogens is 6. The van der Waals surface area contributed by atoms with E-state index in [1.165, 1.54) is 4.80 Å². The predicted octanol–water partition coefficient (Wildman–Crippen LogP) is 8.86. The van der Waals surface area contributed by atoms with Gasteiger partial charge in [-0.15, -0.1) is 5.10 Å². The molecule has 0 N–H and O–H groups in total. The van der Waals surface area contributed by atoms with Gasteiger partial charge in [0, 0.05) is 25.1 Å². The molecule has 0 saturated carbocycles. The second kappa shape index (κ2) is 15.2. The molecule has 1 aliphatic rings. The van der Waals surface area contributed by atoms with Gasteiger partial charge in [-0.3, -0.25) is 4.79 Å². The minimum Gasteiger partial charge on any atom is -0.496 e. The van der Waals surface area contributed by atoms with Gasteiger partial charge in [0.25, 0.3) is 5.95 Å². The molecular weight excluding hydrogens is 652 g/mol. The average molecular weight is 696 g/mol. The Labute approximate surface area is 282 Å². The Morgan fingerprint density at radius 2 is 1.69 bits per heavy atom. The van der Waals surface area contributed by atoms with E-state index in [4.69, 9.17) is 9.47 Å². The quantitative estimate of drug-likeness (QED) is 0.131. The molecule has 2 aromatic carbocycles. The Morgan fingerprint density at radius 3 is 2.29 bits per heavy atom. The summed E-state index contributed by atoms with van der Waals surface area (Å²) < 4.78 is 93.6. The van der Waals surface area contributed by atoms with Crippen LogP contribution in [0.25, 0.3) is 5.57 Å². The third-order valence-electron chi connectivity index (χ3n) is 8.56. The Hall–Kier alpha value is -4.10. The SMILES string of the molecule is CCOC(=O)CCCn1nnc(N(CC2=C(c3cc(C(C)C)ccc3OC)CCC(C)(C)C2)Cc2cc(C(F)(F)F)cc(C(F)(F)F)c2)n1. The normalized spacial score (nSPS) is 15.1. The van der Waals surface area contributed by atoms with Gasteiger partial charge in [-0.05, 0) is 102 Å². The zero-order chi connectivity index (χ0) is 36.1. The Morgan fingerprint density at radius 1 is 1.02 bits per heavy atom. The molecule has 0 atom stereocenters. The molecule has 0 aliphatic heterocycles. The van der Waals surface area contributed by atoms with Gasteiger partial charge in [0.05, 0.1) is 31.4 Å². The molecule has 0 fully saturated rings. The smallest absolute Gasteiger partial charge is 0.416 e. The first-order valence-corrected chi connectivity index (χ1v) is 16.3. The van der Waals surface area contributed by atoms with Crippen molar-refractivity contribution >= 4 is 17.5 Å². The molecule has 0 saturated heterocycles. The zero-order valence-electron chi connectivity index (χ0n) is 28.6. The van der Waals surface area contributed by atoms with Crippen molar-refractivity contribution in [1.82, 2.24) is 20.2 Å². The fraction of sp³-hybridized carbons (Fsp3) is 0.543. The number of allylic oxidation sites excluding steroid dienone is 1. The molecule has 268 valence electrons. The van der Waals surface area contributed by atoms with Crippen molar-refractivity contribution in [3.63, 3.8) is 0 Å². The van der Waals surface area contributed by atoms with Crippen molar-refractivity contribution in [2.45, 2.75) is 98.1 Å². The monoisotopic (exact) mass is 695 g/mol. The number of ether oxygens (including phenoxy) is 2. The topological polar surface area (TPSA) is 82.4 Å². The summed E-state index contributed by atoms with van der Waals surface area (Å²) in [7, 11) is 1.59. The maximum atomic E-state index is 13.8. The number of aromatic nitrogens is 4. The Balaban J connectivity index is 1.81. The minimum atomic E-state index is -5.00. The lowest BCUT2D eigenvalue weighted by Crippen LogP contribution is -2.31. The summed E-state index contributed by atoms with van der Waals surface area (Å²) in [4.78, 5) is 14.6. The predicted molar refractivity (Wildman–Crippen MR) is 173 cm³/mol. The van der Waals surface area contributed by atoms with E-state index in [0.717, 1.165) is 40.8 Å². The third-order valence-corrected chi connectivity index (χ3v) is 8.56. The highest BCUT2D eigenvalue weighted by molar-refractivity contribution is 5.75. The van der Waals surface area contributed by atoms with Crippen LogP contribution < -0.4 is 9.64 Å². The molecule has 1 aliphatic carbocycles. The molecule has 0 spiro atoms. The van der Waals surface area contributed by atoms with Crippen molar-refractivity contribution in [1.29, 1.82) is 0 Å². The number of carbonyl (C=O) groups excluding carboxylic acids is 1. The summed E-state index contributed by atoms with van der Waals surface area (Å²) in [5, 5.41) is 12.7. The van der Waals surface area contributed by atoms with E-state index in [-0.39, 0.29) is 67.5 Å². The number of hydrogen-bond donors (Lipinski definition) is 0. The van der Waals surface area contributed by atoms with Gasteiger partial charge < -0.3 is 14.4 Å². The molecule has 0 amide bonds. The largest absolute Gasteiger partial charge is 0.496 e. The number of esters is 1. The first kappa shape index (κ1) is 37.7. The summed E-state index contributed by atoms with van der Waals surface area (Å²) in [5.74, 6) is 0.546. The van der Waals surface area contributed by atoms with Crippen LogP contribution in [0.3, 0.4) is 0 Å². The molecular formula is C35H43F6N5O3. The number of tetrazole rings is 1. The molecule has 14 heteroatoms. The van der Waals surface area contributed by atoms with E-state index in [1.54, 1.807) is 18.9 Å². The van der Waals surface area contributed by atoms with Crippen LogP contribution in [-0.2, 0) is 35.0 Å². The van der Waals surface area contributed by atoms with Crippen LogP contribution in [0, 0.1) is 5.41 Å². The Bertz CT molecular complexity index is 1610. The summed E-state index contributed by atoms with van der Waals surface area (Å²) in [6.45, 7) is 10.3. The van der Waals surface area contributed by atoms with Crippen LogP contribution in [0.4, 0.5) is 32.3 Å². The number of anilines is 1. The lowest BCUT2D eigenvalue weighted by atomic mass is 9.72. The lowest BCUT2D eigenvalue weighted by molar-refractivity contribution is -0.144. The lowest BCUT2D eigenvalue weighted by Gasteiger charge is -2.36. The molecule has 0 radical (unpaired) electrons. The number of aryl methyl sites for hydroxylation is 1. The van der Waals surface area contributed by atoms with E-state index in [9.17, 15) is 31.1 Å². The first-order chi connectivity index (χ1) is 22.9. The molecule has 0 unspecified atom stereocenters. The molecule has 3 aromatic rings. The van der Waals surface area contributed by atoms with Crippen LogP contribution in [0.5, 0.6) is 5.75 Å². The van der Waals surface area contributed by atoms with E-state index >= 15 is 0 Å². The number of hydrogen-bond acceptors (Lipinski definition) is 7. The number of alkyl halides is 6. The highest BCUT2D eigenvalue weighted by atomic mass is 19.4. The molecule has 1 heterocycles. The fourth-order valence-corrected chi connectivity index (χ4v) is 6.02. The van der Waals surface area contributed by atoms with Gasteiger partial charge >= 0.3 is 18.3 Å². The fourth-order valence-electron chi connectivity index (χ4n) is 6.02. The van der Waals surface area contributed by atoms with E-state index in [0.29, 0.717) is 25.0 Å². The summed E-state index contributed by atoms with van der Waals surface area (Å²) in [6.07, 6.45) is -7.39. The summed E-state index contributed by atoms with van der Waals surface area (Å²) >= 11 is 0. The summed E-state index contributed by atoms with van der Waals surface area (Å²) in [5.41, 5.74) is 0.794. The number of carbonyl (C=O) groups is 1. The zero-order valence-corrected chi connectivity index (χ0v) is 28.6.